The Labute approximate surface area is 128 Å². The second-order valence-electron chi connectivity index (χ2n) is 5.98. The molecule has 0 heterocycles. The molecule has 2 aromatic rings. The van der Waals surface area contributed by atoms with Gasteiger partial charge in [0.2, 0.25) is 0 Å². The van der Waals surface area contributed by atoms with Crippen molar-refractivity contribution < 1.29 is 0 Å². The van der Waals surface area contributed by atoms with Crippen molar-refractivity contribution in [3.8, 4) is 0 Å². The van der Waals surface area contributed by atoms with Crippen LogP contribution in [0.5, 0.6) is 0 Å². The molecule has 1 unspecified atom stereocenters. The van der Waals surface area contributed by atoms with E-state index < -0.39 is 0 Å². The largest absolute Gasteiger partial charge is 0.373 e. The minimum atomic E-state index is 0.330. The summed E-state index contributed by atoms with van der Waals surface area (Å²) in [6, 6.07) is 15.8. The van der Waals surface area contributed by atoms with E-state index in [4.69, 9.17) is 0 Å². The van der Waals surface area contributed by atoms with E-state index in [1.807, 2.05) is 7.05 Å². The molecule has 0 saturated carbocycles. The molecule has 21 heavy (non-hydrogen) atoms. The van der Waals surface area contributed by atoms with Crippen LogP contribution in [-0.2, 0) is 0 Å². The molecule has 0 fully saturated rings. The van der Waals surface area contributed by atoms with Gasteiger partial charge < -0.3 is 10.2 Å². The van der Waals surface area contributed by atoms with Crippen LogP contribution in [0, 0.1) is 20.8 Å². The van der Waals surface area contributed by atoms with Crippen molar-refractivity contribution >= 4 is 5.69 Å². The van der Waals surface area contributed by atoms with Crippen LogP contribution < -0.4 is 10.2 Å². The first-order valence-electron chi connectivity index (χ1n) is 7.53. The van der Waals surface area contributed by atoms with Crippen LogP contribution in [0.25, 0.3) is 0 Å². The second-order valence-corrected chi connectivity index (χ2v) is 5.98. The van der Waals surface area contributed by atoms with Gasteiger partial charge in [0, 0.05) is 25.3 Å². The molecule has 2 rings (SSSR count). The van der Waals surface area contributed by atoms with Gasteiger partial charge in [-0.15, -0.1) is 0 Å². The summed E-state index contributed by atoms with van der Waals surface area (Å²) in [5.74, 6) is 0. The quantitative estimate of drug-likeness (QED) is 0.891. The third-order valence-corrected chi connectivity index (χ3v) is 3.93. The van der Waals surface area contributed by atoms with Crippen LogP contribution in [0.15, 0.2) is 42.5 Å². The van der Waals surface area contributed by atoms with E-state index in [1.54, 1.807) is 0 Å². The molecule has 2 aromatic carbocycles. The average Bonchev–Trinajstić information content (AvgIpc) is 2.44. The predicted octanol–water partition coefficient (Wildman–Crippen LogP) is 4.01. The molecule has 0 radical (unpaired) electrons. The maximum absolute atomic E-state index is 3.43. The molecule has 1 atom stereocenters. The molecule has 0 bridgehead atoms. The van der Waals surface area contributed by atoms with E-state index >= 15 is 0 Å². The van der Waals surface area contributed by atoms with Gasteiger partial charge >= 0.3 is 0 Å². The first-order chi connectivity index (χ1) is 9.99. The second kappa shape index (κ2) is 6.77. The molecule has 0 amide bonds. The molecule has 0 aliphatic rings. The normalized spacial score (nSPS) is 12.2. The SMILES string of the molecule is CNC(CN(C)c1cc(C)cc(C)c1)c1ccc(C)cc1. The fraction of sp³-hybridized carbons (Fsp3) is 0.368. The summed E-state index contributed by atoms with van der Waals surface area (Å²) in [6.45, 7) is 7.38. The topological polar surface area (TPSA) is 15.3 Å². The van der Waals surface area contributed by atoms with Crippen molar-refractivity contribution in [1.29, 1.82) is 0 Å². The number of benzene rings is 2. The zero-order valence-corrected chi connectivity index (χ0v) is 13.8. The summed E-state index contributed by atoms with van der Waals surface area (Å²) in [6.07, 6.45) is 0. The Hall–Kier alpha value is -1.80. The van der Waals surface area contributed by atoms with Crippen molar-refractivity contribution in [1.82, 2.24) is 5.32 Å². The van der Waals surface area contributed by atoms with Crippen molar-refractivity contribution in [3.63, 3.8) is 0 Å². The zero-order valence-electron chi connectivity index (χ0n) is 13.8. The van der Waals surface area contributed by atoms with Gasteiger partial charge in [-0.05, 0) is 56.6 Å². The smallest absolute Gasteiger partial charge is 0.0495 e. The van der Waals surface area contributed by atoms with Crippen molar-refractivity contribution in [2.45, 2.75) is 26.8 Å². The number of likely N-dealkylation sites (N-methyl/N-ethyl adjacent to an activating group) is 2. The van der Waals surface area contributed by atoms with Gasteiger partial charge in [0.05, 0.1) is 0 Å². The van der Waals surface area contributed by atoms with Crippen LogP contribution in [0.1, 0.15) is 28.3 Å². The molecule has 2 nitrogen and oxygen atoms in total. The maximum Gasteiger partial charge on any atom is 0.0495 e. The number of hydrogen-bond acceptors (Lipinski definition) is 2. The van der Waals surface area contributed by atoms with Crippen molar-refractivity contribution in [2.75, 3.05) is 25.5 Å². The predicted molar refractivity (Wildman–Crippen MR) is 92.2 cm³/mol. The molecule has 1 N–H and O–H groups in total. The highest BCUT2D eigenvalue weighted by atomic mass is 15.1. The van der Waals surface area contributed by atoms with Gasteiger partial charge in [-0.1, -0.05) is 35.9 Å². The van der Waals surface area contributed by atoms with Crippen LogP contribution in [0.2, 0.25) is 0 Å². The zero-order chi connectivity index (χ0) is 15.4. The summed E-state index contributed by atoms with van der Waals surface area (Å²) in [5.41, 5.74) is 6.54. The van der Waals surface area contributed by atoms with E-state index in [1.165, 1.54) is 27.9 Å². The van der Waals surface area contributed by atoms with Gasteiger partial charge in [0.1, 0.15) is 0 Å². The monoisotopic (exact) mass is 282 g/mol. The average molecular weight is 282 g/mol. The highest BCUT2D eigenvalue weighted by molar-refractivity contribution is 5.50. The van der Waals surface area contributed by atoms with Crippen LogP contribution in [-0.4, -0.2) is 20.6 Å². The fourth-order valence-electron chi connectivity index (χ4n) is 2.71. The van der Waals surface area contributed by atoms with E-state index in [-0.39, 0.29) is 0 Å². The summed E-state index contributed by atoms with van der Waals surface area (Å²) < 4.78 is 0. The number of rotatable bonds is 5. The Morgan fingerprint density at radius 2 is 1.48 bits per heavy atom. The Morgan fingerprint density at radius 1 is 0.905 bits per heavy atom. The van der Waals surface area contributed by atoms with Gasteiger partial charge in [-0.2, -0.15) is 0 Å². The molecule has 2 heteroatoms. The molecule has 0 aliphatic heterocycles. The number of hydrogen-bond donors (Lipinski definition) is 1. The van der Waals surface area contributed by atoms with Crippen molar-refractivity contribution in [2.24, 2.45) is 0 Å². The molecule has 0 saturated heterocycles. The van der Waals surface area contributed by atoms with E-state index in [2.05, 4.69) is 80.5 Å². The molecular weight excluding hydrogens is 256 g/mol. The lowest BCUT2D eigenvalue weighted by atomic mass is 10.0. The van der Waals surface area contributed by atoms with Crippen LogP contribution in [0.4, 0.5) is 5.69 Å². The summed E-state index contributed by atoms with van der Waals surface area (Å²) in [5, 5.41) is 3.43. The van der Waals surface area contributed by atoms with Gasteiger partial charge in [-0.3, -0.25) is 0 Å². The van der Waals surface area contributed by atoms with Gasteiger partial charge in [-0.25, -0.2) is 0 Å². The van der Waals surface area contributed by atoms with Gasteiger partial charge in [0.25, 0.3) is 0 Å². The first-order valence-corrected chi connectivity index (χ1v) is 7.53. The summed E-state index contributed by atoms with van der Waals surface area (Å²) >= 11 is 0. The Balaban J connectivity index is 2.15. The minimum Gasteiger partial charge on any atom is -0.373 e. The minimum absolute atomic E-state index is 0.330. The Bertz CT molecular complexity index is 567. The Kier molecular flexibility index (Phi) is 5.03. The summed E-state index contributed by atoms with van der Waals surface area (Å²) in [4.78, 5) is 2.32. The first kappa shape index (κ1) is 15.6. The third-order valence-electron chi connectivity index (χ3n) is 3.93. The lowest BCUT2D eigenvalue weighted by Gasteiger charge is -2.26. The molecule has 112 valence electrons. The van der Waals surface area contributed by atoms with Crippen LogP contribution >= 0.6 is 0 Å². The standard InChI is InChI=1S/C19H26N2/c1-14-6-8-17(9-7-14)19(20-4)13-21(5)18-11-15(2)10-16(3)12-18/h6-12,19-20H,13H2,1-5H3. The molecule has 0 spiro atoms. The highest BCUT2D eigenvalue weighted by Crippen LogP contribution is 2.21. The molecule has 0 aliphatic carbocycles. The summed E-state index contributed by atoms with van der Waals surface area (Å²) in [7, 11) is 4.19. The number of nitrogens with one attached hydrogen (secondary N) is 1. The number of aryl methyl sites for hydroxylation is 3. The van der Waals surface area contributed by atoms with E-state index in [0.29, 0.717) is 6.04 Å². The van der Waals surface area contributed by atoms with Gasteiger partial charge in [0.15, 0.2) is 0 Å². The van der Waals surface area contributed by atoms with Crippen LogP contribution in [0.3, 0.4) is 0 Å². The lowest BCUT2D eigenvalue weighted by Crippen LogP contribution is -2.31. The highest BCUT2D eigenvalue weighted by Gasteiger charge is 2.12. The third kappa shape index (κ3) is 4.08. The number of anilines is 1. The van der Waals surface area contributed by atoms with E-state index in [9.17, 15) is 0 Å². The fourth-order valence-corrected chi connectivity index (χ4v) is 2.71. The molecular formula is C19H26N2. The Morgan fingerprint density at radius 3 is 2.00 bits per heavy atom. The van der Waals surface area contributed by atoms with Crippen molar-refractivity contribution in [3.05, 3.63) is 64.7 Å². The molecule has 0 aromatic heterocycles. The van der Waals surface area contributed by atoms with E-state index in [0.717, 1.165) is 6.54 Å². The number of nitrogens with zero attached hydrogens (tertiary/aromatic N) is 1. The lowest BCUT2D eigenvalue weighted by molar-refractivity contribution is 0.589. The maximum atomic E-state index is 3.43.